The first-order valence-electron chi connectivity index (χ1n) is 10.9. The Balaban J connectivity index is 1.46. The van der Waals surface area contributed by atoms with Crippen LogP contribution in [-0.4, -0.2) is 48.1 Å². The predicted octanol–water partition coefficient (Wildman–Crippen LogP) is 4.45. The summed E-state index contributed by atoms with van der Waals surface area (Å²) in [5.74, 6) is 0.684. The zero-order valence-corrected chi connectivity index (χ0v) is 17.6. The van der Waals surface area contributed by atoms with Crippen LogP contribution < -0.4 is 0 Å². The zero-order chi connectivity index (χ0) is 20.2. The van der Waals surface area contributed by atoms with Crippen molar-refractivity contribution < 1.29 is 9.53 Å². The lowest BCUT2D eigenvalue weighted by molar-refractivity contribution is 0.0341. The fourth-order valence-electron chi connectivity index (χ4n) is 3.94. The van der Waals surface area contributed by atoms with Gasteiger partial charge in [0.2, 0.25) is 0 Å². The Kier molecular flexibility index (Phi) is 6.31. The summed E-state index contributed by atoms with van der Waals surface area (Å²) in [6.07, 6.45) is 2.23. The Morgan fingerprint density at radius 2 is 1.79 bits per heavy atom. The van der Waals surface area contributed by atoms with Crippen LogP contribution in [0.25, 0.3) is 0 Å². The normalized spacial score (nSPS) is 17.5. The van der Waals surface area contributed by atoms with Gasteiger partial charge in [0.25, 0.3) is 5.91 Å². The maximum Gasteiger partial charge on any atom is 0.254 e. The van der Waals surface area contributed by atoms with Crippen LogP contribution in [0.4, 0.5) is 0 Å². The van der Waals surface area contributed by atoms with Crippen LogP contribution >= 0.6 is 0 Å². The van der Waals surface area contributed by atoms with E-state index in [2.05, 4.69) is 60.0 Å². The van der Waals surface area contributed by atoms with E-state index >= 15 is 0 Å². The molecule has 0 N–H and O–H groups in total. The molecule has 2 aliphatic rings. The van der Waals surface area contributed by atoms with Gasteiger partial charge in [0.15, 0.2) is 0 Å². The number of morpholine rings is 1. The largest absolute Gasteiger partial charge is 0.379 e. The second-order valence-corrected chi connectivity index (χ2v) is 8.65. The molecule has 0 aromatic heterocycles. The fourth-order valence-corrected chi connectivity index (χ4v) is 3.94. The van der Waals surface area contributed by atoms with E-state index in [1.165, 1.54) is 16.7 Å². The van der Waals surface area contributed by atoms with Crippen molar-refractivity contribution >= 4 is 5.91 Å². The van der Waals surface area contributed by atoms with Crippen LogP contribution in [-0.2, 0) is 17.8 Å². The smallest absolute Gasteiger partial charge is 0.254 e. The summed E-state index contributed by atoms with van der Waals surface area (Å²) in [4.78, 5) is 17.8. The van der Waals surface area contributed by atoms with Crippen molar-refractivity contribution in [1.82, 2.24) is 9.80 Å². The highest BCUT2D eigenvalue weighted by Gasteiger charge is 2.33. The number of hydrogen-bond donors (Lipinski definition) is 0. The van der Waals surface area contributed by atoms with E-state index in [0.717, 1.165) is 51.3 Å². The molecule has 2 aromatic carbocycles. The third kappa shape index (κ3) is 5.26. The topological polar surface area (TPSA) is 32.8 Å². The molecule has 2 fully saturated rings. The highest BCUT2D eigenvalue weighted by molar-refractivity contribution is 5.94. The van der Waals surface area contributed by atoms with Gasteiger partial charge >= 0.3 is 0 Å². The average Bonchev–Trinajstić information content (AvgIpc) is 3.58. The monoisotopic (exact) mass is 392 g/mol. The van der Waals surface area contributed by atoms with Gasteiger partial charge in [-0.1, -0.05) is 50.2 Å². The number of hydrogen-bond acceptors (Lipinski definition) is 3. The molecule has 29 heavy (non-hydrogen) atoms. The Hall–Kier alpha value is -2.17. The molecular weight excluding hydrogens is 360 g/mol. The van der Waals surface area contributed by atoms with Crippen LogP contribution in [0.3, 0.4) is 0 Å². The van der Waals surface area contributed by atoms with Crippen LogP contribution in [0.1, 0.15) is 59.7 Å². The second-order valence-electron chi connectivity index (χ2n) is 8.65. The van der Waals surface area contributed by atoms with Crippen LogP contribution in [0.5, 0.6) is 0 Å². The Morgan fingerprint density at radius 1 is 1.07 bits per heavy atom. The maximum atomic E-state index is 13.3. The van der Waals surface area contributed by atoms with Gasteiger partial charge in [-0.25, -0.2) is 0 Å². The molecule has 1 amide bonds. The van der Waals surface area contributed by atoms with Crippen molar-refractivity contribution in [2.75, 3.05) is 26.3 Å². The number of carbonyl (C=O) groups excluding carboxylic acids is 1. The molecule has 4 nitrogen and oxygen atoms in total. The lowest BCUT2D eigenvalue weighted by Crippen LogP contribution is -2.36. The fraction of sp³-hybridized carbons (Fsp3) is 0.480. The van der Waals surface area contributed by atoms with Crippen molar-refractivity contribution in [1.29, 1.82) is 0 Å². The van der Waals surface area contributed by atoms with Crippen molar-refractivity contribution in [2.45, 2.75) is 51.7 Å². The molecule has 0 atom stereocenters. The van der Waals surface area contributed by atoms with E-state index in [4.69, 9.17) is 4.74 Å². The van der Waals surface area contributed by atoms with Crippen LogP contribution in [0.2, 0.25) is 0 Å². The minimum Gasteiger partial charge on any atom is -0.379 e. The highest BCUT2D eigenvalue weighted by atomic mass is 16.5. The molecule has 1 aliphatic heterocycles. The van der Waals surface area contributed by atoms with E-state index in [1.807, 2.05) is 12.1 Å². The number of carbonyl (C=O) groups is 1. The first-order chi connectivity index (χ1) is 14.1. The number of amides is 1. The van der Waals surface area contributed by atoms with Crippen LogP contribution in [0.15, 0.2) is 48.5 Å². The summed E-state index contributed by atoms with van der Waals surface area (Å²) >= 11 is 0. The lowest BCUT2D eigenvalue weighted by atomic mass is 10.0. The van der Waals surface area contributed by atoms with E-state index < -0.39 is 0 Å². The van der Waals surface area contributed by atoms with Gasteiger partial charge in [-0.05, 0) is 47.6 Å². The SMILES string of the molecule is CC(C)c1ccc(CN(C(=O)c2cccc(CN3CCOCC3)c2)C2CC2)cc1. The zero-order valence-electron chi connectivity index (χ0n) is 17.6. The standard InChI is InChI=1S/C25H32N2O2/c1-19(2)22-8-6-20(7-9-22)18-27(24-10-11-24)25(28)23-5-3-4-21(16-23)17-26-12-14-29-15-13-26/h3-9,16,19,24H,10-15,17-18H2,1-2H3. The predicted molar refractivity (Wildman–Crippen MR) is 116 cm³/mol. The number of benzene rings is 2. The summed E-state index contributed by atoms with van der Waals surface area (Å²) < 4.78 is 5.44. The van der Waals surface area contributed by atoms with Gasteiger partial charge in [0.1, 0.15) is 0 Å². The average molecular weight is 393 g/mol. The van der Waals surface area contributed by atoms with E-state index in [-0.39, 0.29) is 5.91 Å². The van der Waals surface area contributed by atoms with Crippen molar-refractivity contribution in [2.24, 2.45) is 0 Å². The molecule has 1 saturated carbocycles. The molecule has 1 aliphatic carbocycles. The van der Waals surface area contributed by atoms with E-state index in [0.29, 0.717) is 18.5 Å². The number of nitrogens with zero attached hydrogens (tertiary/aromatic N) is 2. The molecule has 0 bridgehead atoms. The van der Waals surface area contributed by atoms with Gasteiger partial charge in [0, 0.05) is 37.8 Å². The van der Waals surface area contributed by atoms with Crippen molar-refractivity contribution in [3.8, 4) is 0 Å². The third-order valence-electron chi connectivity index (χ3n) is 5.93. The molecule has 1 heterocycles. The summed E-state index contributed by atoms with van der Waals surface area (Å²) in [6.45, 7) is 9.49. The summed E-state index contributed by atoms with van der Waals surface area (Å²) in [6, 6.07) is 17.3. The summed E-state index contributed by atoms with van der Waals surface area (Å²) in [5.41, 5.74) is 4.56. The maximum absolute atomic E-state index is 13.3. The van der Waals surface area contributed by atoms with Gasteiger partial charge in [0.05, 0.1) is 13.2 Å². The Labute approximate surface area is 174 Å². The quantitative estimate of drug-likeness (QED) is 0.698. The summed E-state index contributed by atoms with van der Waals surface area (Å²) in [5, 5.41) is 0. The van der Waals surface area contributed by atoms with Crippen molar-refractivity contribution in [3.63, 3.8) is 0 Å². The minimum atomic E-state index is 0.157. The third-order valence-corrected chi connectivity index (χ3v) is 5.93. The molecule has 2 aromatic rings. The van der Waals surface area contributed by atoms with E-state index in [9.17, 15) is 4.79 Å². The number of rotatable bonds is 7. The lowest BCUT2D eigenvalue weighted by Gasteiger charge is -2.27. The Morgan fingerprint density at radius 3 is 2.45 bits per heavy atom. The minimum absolute atomic E-state index is 0.157. The van der Waals surface area contributed by atoms with Gasteiger partial charge in [-0.15, -0.1) is 0 Å². The summed E-state index contributed by atoms with van der Waals surface area (Å²) in [7, 11) is 0. The molecule has 4 rings (SSSR count). The molecular formula is C25H32N2O2. The molecule has 0 spiro atoms. The molecule has 4 heteroatoms. The first kappa shape index (κ1) is 20.1. The van der Waals surface area contributed by atoms with Crippen molar-refractivity contribution in [3.05, 3.63) is 70.8 Å². The molecule has 154 valence electrons. The Bertz CT molecular complexity index is 821. The van der Waals surface area contributed by atoms with Crippen LogP contribution in [0, 0.1) is 0 Å². The molecule has 1 saturated heterocycles. The second kappa shape index (κ2) is 9.10. The van der Waals surface area contributed by atoms with Gasteiger partial charge < -0.3 is 9.64 Å². The highest BCUT2D eigenvalue weighted by Crippen LogP contribution is 2.30. The van der Waals surface area contributed by atoms with E-state index in [1.54, 1.807) is 0 Å². The number of ether oxygens (including phenoxy) is 1. The molecule has 0 radical (unpaired) electrons. The van der Waals surface area contributed by atoms with Gasteiger partial charge in [-0.3, -0.25) is 9.69 Å². The molecule has 0 unspecified atom stereocenters. The first-order valence-corrected chi connectivity index (χ1v) is 10.9. The van der Waals surface area contributed by atoms with Gasteiger partial charge in [-0.2, -0.15) is 0 Å².